The Hall–Kier alpha value is -2.63. The Labute approximate surface area is 135 Å². The molecule has 0 aliphatic rings. The van der Waals surface area contributed by atoms with Crippen molar-refractivity contribution in [3.05, 3.63) is 53.9 Å². The molecule has 1 aromatic heterocycles. The SMILES string of the molecule is CCN(CCC(=O)OC)C(=O)c1cnn(Cc2ccccc2)c1. The summed E-state index contributed by atoms with van der Waals surface area (Å²) in [6, 6.07) is 9.92. The Kier molecular flexibility index (Phi) is 5.91. The normalized spacial score (nSPS) is 10.3. The first-order valence-electron chi connectivity index (χ1n) is 7.56. The lowest BCUT2D eigenvalue weighted by molar-refractivity contribution is -0.140. The van der Waals surface area contributed by atoms with Gasteiger partial charge in [-0.05, 0) is 12.5 Å². The highest BCUT2D eigenvalue weighted by Gasteiger charge is 2.17. The van der Waals surface area contributed by atoms with Crippen LogP contribution in [0.25, 0.3) is 0 Å². The molecule has 0 saturated heterocycles. The van der Waals surface area contributed by atoms with Crippen LogP contribution in [0.2, 0.25) is 0 Å². The molecule has 0 saturated carbocycles. The molecule has 0 unspecified atom stereocenters. The van der Waals surface area contributed by atoms with Gasteiger partial charge in [0.2, 0.25) is 0 Å². The predicted molar refractivity (Wildman–Crippen MR) is 86.0 cm³/mol. The molecule has 122 valence electrons. The van der Waals surface area contributed by atoms with E-state index in [0.717, 1.165) is 5.56 Å². The molecule has 0 atom stereocenters. The summed E-state index contributed by atoms with van der Waals surface area (Å²) >= 11 is 0. The molecule has 2 aromatic rings. The fourth-order valence-electron chi connectivity index (χ4n) is 2.25. The van der Waals surface area contributed by atoms with Crippen molar-refractivity contribution in [3.8, 4) is 0 Å². The van der Waals surface area contributed by atoms with Gasteiger partial charge in [-0.1, -0.05) is 30.3 Å². The highest BCUT2D eigenvalue weighted by atomic mass is 16.5. The first-order chi connectivity index (χ1) is 11.1. The summed E-state index contributed by atoms with van der Waals surface area (Å²) in [6.45, 7) is 3.36. The van der Waals surface area contributed by atoms with Crippen LogP contribution in [0.15, 0.2) is 42.7 Å². The number of ether oxygens (including phenoxy) is 1. The van der Waals surface area contributed by atoms with Gasteiger partial charge in [-0.15, -0.1) is 0 Å². The summed E-state index contributed by atoms with van der Waals surface area (Å²) in [5.41, 5.74) is 1.64. The van der Waals surface area contributed by atoms with Crippen molar-refractivity contribution in [2.75, 3.05) is 20.2 Å². The van der Waals surface area contributed by atoms with Crippen LogP contribution in [0.4, 0.5) is 0 Å². The van der Waals surface area contributed by atoms with Crippen molar-refractivity contribution in [1.29, 1.82) is 0 Å². The van der Waals surface area contributed by atoms with Crippen LogP contribution in [0, 0.1) is 0 Å². The second-order valence-electron chi connectivity index (χ2n) is 5.12. The molecule has 0 aliphatic heterocycles. The molecule has 23 heavy (non-hydrogen) atoms. The number of amides is 1. The Bertz CT molecular complexity index is 652. The number of carbonyl (C=O) groups is 2. The van der Waals surface area contributed by atoms with Crippen LogP contribution in [0.3, 0.4) is 0 Å². The average Bonchev–Trinajstić information content (AvgIpc) is 3.04. The number of hydrogen-bond donors (Lipinski definition) is 0. The van der Waals surface area contributed by atoms with Gasteiger partial charge < -0.3 is 9.64 Å². The van der Waals surface area contributed by atoms with Gasteiger partial charge in [0.05, 0.1) is 31.8 Å². The standard InChI is InChI=1S/C17H21N3O3/c1-3-19(10-9-16(21)23-2)17(22)15-11-18-20(13-15)12-14-7-5-4-6-8-14/h4-8,11,13H,3,9-10,12H2,1-2H3. The molecule has 0 aliphatic carbocycles. The maximum atomic E-state index is 12.5. The fraction of sp³-hybridized carbons (Fsp3) is 0.353. The molecule has 1 amide bonds. The molecule has 1 heterocycles. The Balaban J connectivity index is 2.00. The van der Waals surface area contributed by atoms with E-state index in [2.05, 4.69) is 9.84 Å². The van der Waals surface area contributed by atoms with Crippen LogP contribution >= 0.6 is 0 Å². The number of aromatic nitrogens is 2. The number of rotatable bonds is 7. The zero-order valence-corrected chi connectivity index (χ0v) is 13.4. The van der Waals surface area contributed by atoms with Crippen LogP contribution in [0.1, 0.15) is 29.3 Å². The van der Waals surface area contributed by atoms with Gasteiger partial charge in [-0.3, -0.25) is 14.3 Å². The molecule has 0 N–H and O–H groups in total. The van der Waals surface area contributed by atoms with E-state index in [0.29, 0.717) is 25.2 Å². The topological polar surface area (TPSA) is 64.4 Å². The van der Waals surface area contributed by atoms with Crippen LogP contribution in [0.5, 0.6) is 0 Å². The molecular formula is C17H21N3O3. The molecule has 0 radical (unpaired) electrons. The van der Waals surface area contributed by atoms with E-state index in [-0.39, 0.29) is 18.3 Å². The van der Waals surface area contributed by atoms with E-state index in [9.17, 15) is 9.59 Å². The summed E-state index contributed by atoms with van der Waals surface area (Å²) in [5.74, 6) is -0.452. The zero-order valence-electron chi connectivity index (χ0n) is 13.4. The average molecular weight is 315 g/mol. The number of methoxy groups -OCH3 is 1. The lowest BCUT2D eigenvalue weighted by Crippen LogP contribution is -2.32. The first kappa shape index (κ1) is 16.7. The van der Waals surface area contributed by atoms with E-state index >= 15 is 0 Å². The Morgan fingerprint density at radius 2 is 2.00 bits per heavy atom. The third kappa shape index (κ3) is 4.67. The minimum atomic E-state index is -0.323. The number of esters is 1. The summed E-state index contributed by atoms with van der Waals surface area (Å²) in [7, 11) is 1.34. The molecule has 6 nitrogen and oxygen atoms in total. The predicted octanol–water partition coefficient (Wildman–Crippen LogP) is 1.96. The second-order valence-corrected chi connectivity index (χ2v) is 5.12. The summed E-state index contributed by atoms with van der Waals surface area (Å²) in [4.78, 5) is 25.3. The number of nitrogens with zero attached hydrogens (tertiary/aromatic N) is 3. The number of hydrogen-bond acceptors (Lipinski definition) is 4. The van der Waals surface area contributed by atoms with Crippen molar-refractivity contribution >= 4 is 11.9 Å². The fourth-order valence-corrected chi connectivity index (χ4v) is 2.25. The lowest BCUT2D eigenvalue weighted by atomic mass is 10.2. The maximum Gasteiger partial charge on any atom is 0.307 e. The second kappa shape index (κ2) is 8.12. The maximum absolute atomic E-state index is 12.5. The van der Waals surface area contributed by atoms with Gasteiger partial charge in [0.1, 0.15) is 0 Å². The van der Waals surface area contributed by atoms with Crippen molar-refractivity contribution in [2.24, 2.45) is 0 Å². The largest absolute Gasteiger partial charge is 0.469 e. The van der Waals surface area contributed by atoms with Gasteiger partial charge in [0, 0.05) is 19.3 Å². The Morgan fingerprint density at radius 1 is 1.26 bits per heavy atom. The monoisotopic (exact) mass is 315 g/mol. The van der Waals surface area contributed by atoms with Gasteiger partial charge in [-0.25, -0.2) is 0 Å². The van der Waals surface area contributed by atoms with Crippen LogP contribution in [-0.2, 0) is 16.1 Å². The zero-order chi connectivity index (χ0) is 16.7. The number of benzene rings is 1. The summed E-state index contributed by atoms with van der Waals surface area (Å²) in [6.07, 6.45) is 3.48. The molecule has 0 bridgehead atoms. The van der Waals surface area contributed by atoms with E-state index in [1.54, 1.807) is 22.0 Å². The van der Waals surface area contributed by atoms with Crippen LogP contribution < -0.4 is 0 Å². The van der Waals surface area contributed by atoms with Gasteiger partial charge in [0.15, 0.2) is 0 Å². The molecular weight excluding hydrogens is 294 g/mol. The quantitative estimate of drug-likeness (QED) is 0.733. The first-order valence-corrected chi connectivity index (χ1v) is 7.56. The van der Waals surface area contributed by atoms with Gasteiger partial charge in [-0.2, -0.15) is 5.10 Å². The smallest absolute Gasteiger partial charge is 0.307 e. The third-order valence-electron chi connectivity index (χ3n) is 3.55. The van der Waals surface area contributed by atoms with E-state index in [1.165, 1.54) is 7.11 Å². The molecule has 0 fully saturated rings. The van der Waals surface area contributed by atoms with Gasteiger partial charge >= 0.3 is 5.97 Å². The summed E-state index contributed by atoms with van der Waals surface area (Å²) in [5, 5.41) is 4.24. The highest BCUT2D eigenvalue weighted by Crippen LogP contribution is 2.07. The van der Waals surface area contributed by atoms with E-state index in [1.807, 2.05) is 37.3 Å². The lowest BCUT2D eigenvalue weighted by Gasteiger charge is -2.19. The van der Waals surface area contributed by atoms with Crippen molar-refractivity contribution in [1.82, 2.24) is 14.7 Å². The minimum absolute atomic E-state index is 0.129. The van der Waals surface area contributed by atoms with Crippen LogP contribution in [-0.4, -0.2) is 46.8 Å². The minimum Gasteiger partial charge on any atom is -0.469 e. The van der Waals surface area contributed by atoms with E-state index in [4.69, 9.17) is 0 Å². The summed E-state index contributed by atoms with van der Waals surface area (Å²) < 4.78 is 6.34. The van der Waals surface area contributed by atoms with Crippen molar-refractivity contribution in [3.63, 3.8) is 0 Å². The third-order valence-corrected chi connectivity index (χ3v) is 3.55. The molecule has 0 spiro atoms. The molecule has 2 rings (SSSR count). The Morgan fingerprint density at radius 3 is 2.65 bits per heavy atom. The van der Waals surface area contributed by atoms with Crippen molar-refractivity contribution < 1.29 is 14.3 Å². The molecule has 1 aromatic carbocycles. The molecule has 6 heteroatoms. The number of carbonyl (C=O) groups excluding carboxylic acids is 2. The highest BCUT2D eigenvalue weighted by molar-refractivity contribution is 5.93. The van der Waals surface area contributed by atoms with Gasteiger partial charge in [0.25, 0.3) is 5.91 Å². The van der Waals surface area contributed by atoms with Crippen molar-refractivity contribution in [2.45, 2.75) is 19.9 Å². The van der Waals surface area contributed by atoms with E-state index < -0.39 is 0 Å².